The molecule has 2 N–H and O–H groups in total. The molecular weight excluding hydrogens is 358 g/mol. The summed E-state index contributed by atoms with van der Waals surface area (Å²) in [7, 11) is -2.89. The molecule has 1 aromatic heterocycles. The van der Waals surface area contributed by atoms with E-state index in [9.17, 15) is 8.42 Å². The van der Waals surface area contributed by atoms with E-state index in [1.54, 1.807) is 4.68 Å². The van der Waals surface area contributed by atoms with Crippen molar-refractivity contribution in [2.75, 3.05) is 57.6 Å². The minimum atomic E-state index is -2.89. The maximum atomic E-state index is 11.4. The van der Waals surface area contributed by atoms with Crippen molar-refractivity contribution in [1.29, 1.82) is 0 Å². The van der Waals surface area contributed by atoms with E-state index in [1.807, 2.05) is 4.90 Å². The number of sulfone groups is 1. The zero-order valence-corrected chi connectivity index (χ0v) is 15.1. The highest BCUT2D eigenvalue weighted by Crippen LogP contribution is 2.16. The first-order valence-corrected chi connectivity index (χ1v) is 10.1. The van der Waals surface area contributed by atoms with Gasteiger partial charge in [0.15, 0.2) is 15.0 Å². The third-order valence-electron chi connectivity index (χ3n) is 3.63. The number of hydrogen-bond donors (Lipinski definition) is 1. The maximum Gasteiger partial charge on any atom is 0.152 e. The molecule has 0 spiro atoms. The van der Waals surface area contributed by atoms with Crippen LogP contribution in [-0.4, -0.2) is 85.9 Å². The normalized spacial score (nSPS) is 18.1. The lowest BCUT2D eigenvalue weighted by Gasteiger charge is -2.25. The molecule has 24 heavy (non-hydrogen) atoms. The van der Waals surface area contributed by atoms with Crippen LogP contribution in [0.2, 0.25) is 5.15 Å². The van der Waals surface area contributed by atoms with Crippen LogP contribution < -0.4 is 5.73 Å². The summed E-state index contributed by atoms with van der Waals surface area (Å²) in [4.78, 5) is 2.02. The molecule has 0 radical (unpaired) electrons. The van der Waals surface area contributed by atoms with Gasteiger partial charge in [-0.15, -0.1) is 5.10 Å². The molecule has 0 atom stereocenters. The minimum absolute atomic E-state index is 0.179. The van der Waals surface area contributed by atoms with Gasteiger partial charge >= 0.3 is 0 Å². The molecule has 2 heterocycles. The van der Waals surface area contributed by atoms with E-state index in [-0.39, 0.29) is 11.5 Å². The molecule has 11 heteroatoms. The van der Waals surface area contributed by atoms with Crippen LogP contribution in [0.1, 0.15) is 5.69 Å². The first-order valence-electron chi connectivity index (χ1n) is 7.88. The highest BCUT2D eigenvalue weighted by molar-refractivity contribution is 7.91. The van der Waals surface area contributed by atoms with Gasteiger partial charge in [-0.25, -0.2) is 13.1 Å². The maximum absolute atomic E-state index is 11.4. The van der Waals surface area contributed by atoms with Gasteiger partial charge in [-0.1, -0.05) is 16.8 Å². The molecule has 0 amide bonds. The van der Waals surface area contributed by atoms with E-state index in [0.717, 1.165) is 0 Å². The van der Waals surface area contributed by atoms with Crippen LogP contribution in [0.5, 0.6) is 0 Å². The summed E-state index contributed by atoms with van der Waals surface area (Å²) < 4.78 is 35.1. The first kappa shape index (κ1) is 19.5. The van der Waals surface area contributed by atoms with Crippen LogP contribution in [0.3, 0.4) is 0 Å². The third kappa shape index (κ3) is 6.26. The second-order valence-corrected chi connectivity index (χ2v) is 8.15. The Kier molecular flexibility index (Phi) is 7.85. The molecular formula is C13H24ClN5O4S. The number of halogens is 1. The van der Waals surface area contributed by atoms with Gasteiger partial charge in [-0.05, 0) is 0 Å². The monoisotopic (exact) mass is 381 g/mol. The Labute approximate surface area is 146 Å². The summed E-state index contributed by atoms with van der Waals surface area (Å²) >= 11 is 6.28. The van der Waals surface area contributed by atoms with Crippen molar-refractivity contribution in [3.05, 3.63) is 10.8 Å². The Morgan fingerprint density at radius 3 is 2.46 bits per heavy atom. The van der Waals surface area contributed by atoms with Crippen LogP contribution in [0.15, 0.2) is 0 Å². The number of rotatable bonds is 10. The van der Waals surface area contributed by atoms with Crippen LogP contribution >= 0.6 is 11.6 Å². The predicted octanol–water partition coefficient (Wildman–Crippen LogP) is -0.846. The molecule has 0 unspecified atom stereocenters. The standard InChI is InChI=1S/C13H24ClN5O4S/c14-13-12(11-18-3-9-24(20,21)10-4-18)16-17-19(13)2-6-23-8-7-22-5-1-15/h1-11,15H2. The summed E-state index contributed by atoms with van der Waals surface area (Å²) in [5, 5.41) is 8.56. The van der Waals surface area contributed by atoms with Gasteiger partial charge < -0.3 is 15.2 Å². The lowest BCUT2D eigenvalue weighted by atomic mass is 10.4. The van der Waals surface area contributed by atoms with Gasteiger partial charge in [0, 0.05) is 26.2 Å². The topological polar surface area (TPSA) is 113 Å². The van der Waals surface area contributed by atoms with E-state index in [1.165, 1.54) is 0 Å². The van der Waals surface area contributed by atoms with E-state index in [4.69, 9.17) is 26.8 Å². The van der Waals surface area contributed by atoms with Crippen molar-refractivity contribution in [3.63, 3.8) is 0 Å². The van der Waals surface area contributed by atoms with Gasteiger partial charge in [-0.3, -0.25) is 4.90 Å². The van der Waals surface area contributed by atoms with Gasteiger partial charge in [0.1, 0.15) is 5.69 Å². The summed E-state index contributed by atoms with van der Waals surface area (Å²) in [6, 6.07) is 0. The van der Waals surface area contributed by atoms with Gasteiger partial charge in [0.2, 0.25) is 0 Å². The molecule has 0 bridgehead atoms. The lowest BCUT2D eigenvalue weighted by Crippen LogP contribution is -2.39. The lowest BCUT2D eigenvalue weighted by molar-refractivity contribution is 0.0467. The van der Waals surface area contributed by atoms with Crippen molar-refractivity contribution in [2.45, 2.75) is 13.1 Å². The summed E-state index contributed by atoms with van der Waals surface area (Å²) in [6.45, 7) is 4.47. The molecule has 1 fully saturated rings. The predicted molar refractivity (Wildman–Crippen MR) is 89.7 cm³/mol. The van der Waals surface area contributed by atoms with Crippen molar-refractivity contribution < 1.29 is 17.9 Å². The highest BCUT2D eigenvalue weighted by atomic mass is 35.5. The molecule has 1 aromatic rings. The molecule has 0 saturated carbocycles. The Bertz CT molecular complexity index is 596. The molecule has 1 aliphatic heterocycles. The number of ether oxygens (including phenoxy) is 2. The quantitative estimate of drug-likeness (QED) is 0.522. The second kappa shape index (κ2) is 9.64. The zero-order valence-electron chi connectivity index (χ0n) is 13.6. The first-order chi connectivity index (χ1) is 11.5. The SMILES string of the molecule is NCCOCCOCCn1nnc(CN2CCS(=O)(=O)CC2)c1Cl. The number of aromatic nitrogens is 3. The molecule has 2 rings (SSSR count). The fraction of sp³-hybridized carbons (Fsp3) is 0.846. The Hall–Kier alpha value is -0.780. The fourth-order valence-corrected chi connectivity index (χ4v) is 3.75. The van der Waals surface area contributed by atoms with Gasteiger partial charge in [-0.2, -0.15) is 0 Å². The van der Waals surface area contributed by atoms with Crippen LogP contribution in [0.25, 0.3) is 0 Å². The fourth-order valence-electron chi connectivity index (χ4n) is 2.25. The average Bonchev–Trinajstić information content (AvgIpc) is 2.89. The summed E-state index contributed by atoms with van der Waals surface area (Å²) in [5.74, 6) is 0.359. The Morgan fingerprint density at radius 1 is 1.12 bits per heavy atom. The smallest absolute Gasteiger partial charge is 0.152 e. The van der Waals surface area contributed by atoms with E-state index >= 15 is 0 Å². The third-order valence-corrected chi connectivity index (χ3v) is 5.65. The number of hydrogen-bond acceptors (Lipinski definition) is 8. The molecule has 9 nitrogen and oxygen atoms in total. The summed E-state index contributed by atoms with van der Waals surface area (Å²) in [6.07, 6.45) is 0. The van der Waals surface area contributed by atoms with Gasteiger partial charge in [0.05, 0.1) is 44.5 Å². The summed E-state index contributed by atoms with van der Waals surface area (Å²) in [5.41, 5.74) is 5.97. The molecule has 0 aromatic carbocycles. The number of nitrogens with zero attached hydrogens (tertiary/aromatic N) is 4. The van der Waals surface area contributed by atoms with E-state index < -0.39 is 9.84 Å². The Balaban J connectivity index is 1.71. The van der Waals surface area contributed by atoms with E-state index in [0.29, 0.717) is 70.0 Å². The zero-order chi connectivity index (χ0) is 17.4. The highest BCUT2D eigenvalue weighted by Gasteiger charge is 2.23. The van der Waals surface area contributed by atoms with Crippen LogP contribution in [-0.2, 0) is 32.4 Å². The largest absolute Gasteiger partial charge is 0.378 e. The van der Waals surface area contributed by atoms with E-state index in [2.05, 4.69) is 10.3 Å². The molecule has 138 valence electrons. The van der Waals surface area contributed by atoms with Crippen molar-refractivity contribution in [2.24, 2.45) is 5.73 Å². The van der Waals surface area contributed by atoms with Crippen molar-refractivity contribution in [1.82, 2.24) is 19.9 Å². The van der Waals surface area contributed by atoms with Crippen LogP contribution in [0, 0.1) is 0 Å². The molecule has 1 aliphatic rings. The number of nitrogens with two attached hydrogens (primary N) is 1. The van der Waals surface area contributed by atoms with Crippen molar-refractivity contribution >= 4 is 21.4 Å². The average molecular weight is 382 g/mol. The van der Waals surface area contributed by atoms with Crippen molar-refractivity contribution in [3.8, 4) is 0 Å². The van der Waals surface area contributed by atoms with Crippen LogP contribution in [0.4, 0.5) is 0 Å². The second-order valence-electron chi connectivity index (χ2n) is 5.49. The molecule has 1 saturated heterocycles. The Morgan fingerprint density at radius 2 is 1.79 bits per heavy atom. The van der Waals surface area contributed by atoms with Gasteiger partial charge in [0.25, 0.3) is 0 Å². The minimum Gasteiger partial charge on any atom is -0.378 e. The molecule has 0 aliphatic carbocycles.